The van der Waals surface area contributed by atoms with Crippen LogP contribution >= 0.6 is 11.8 Å². The molecule has 0 saturated heterocycles. The first-order valence-electron chi connectivity index (χ1n) is 11.7. The van der Waals surface area contributed by atoms with Crippen molar-refractivity contribution in [2.24, 2.45) is 5.73 Å². The summed E-state index contributed by atoms with van der Waals surface area (Å²) in [6, 6.07) is 2.56. The number of nitrogens with one attached hydrogen (secondary N) is 4. The van der Waals surface area contributed by atoms with E-state index in [0.717, 1.165) is 0 Å². The predicted octanol–water partition coefficient (Wildman–Crippen LogP) is 2.24. The molecule has 6 rings (SSSR count). The molecule has 2 aliphatic heterocycles. The van der Waals surface area contributed by atoms with Gasteiger partial charge in [0.15, 0.2) is 10.9 Å². The summed E-state index contributed by atoms with van der Waals surface area (Å²) < 4.78 is 26.1. The van der Waals surface area contributed by atoms with Crippen molar-refractivity contribution in [2.45, 2.75) is 17.6 Å². The Morgan fingerprint density at radius 1 is 1.27 bits per heavy atom. The number of aromatic nitrogens is 5. The number of H-pyrrole nitrogens is 1. The number of aromatic amines is 1. The van der Waals surface area contributed by atoms with Crippen LogP contribution in [0.3, 0.4) is 0 Å². The van der Waals surface area contributed by atoms with Gasteiger partial charge in [-0.3, -0.25) is 4.79 Å². The van der Waals surface area contributed by atoms with Crippen LogP contribution in [0.5, 0.6) is 11.8 Å². The first-order valence-corrected chi connectivity index (χ1v) is 12.7. The number of benzene rings is 1. The van der Waals surface area contributed by atoms with Gasteiger partial charge in [-0.15, -0.1) is 0 Å². The highest BCUT2D eigenvalue weighted by Crippen LogP contribution is 2.36. The van der Waals surface area contributed by atoms with E-state index in [-0.39, 0.29) is 30.3 Å². The van der Waals surface area contributed by atoms with Crippen molar-refractivity contribution >= 4 is 51.1 Å². The van der Waals surface area contributed by atoms with Crippen LogP contribution in [0.25, 0.3) is 21.9 Å². The molecule has 0 aliphatic carbocycles. The van der Waals surface area contributed by atoms with E-state index in [4.69, 9.17) is 15.2 Å². The molecule has 0 saturated carbocycles. The summed E-state index contributed by atoms with van der Waals surface area (Å²) in [4.78, 5) is 32.9. The van der Waals surface area contributed by atoms with E-state index in [1.165, 1.54) is 36.3 Å². The molecule has 2 aliphatic rings. The van der Waals surface area contributed by atoms with Crippen molar-refractivity contribution < 1.29 is 18.7 Å². The highest BCUT2D eigenvalue weighted by atomic mass is 32.2. The number of fused-ring (bicyclic) bond motifs is 15. The van der Waals surface area contributed by atoms with E-state index < -0.39 is 5.82 Å². The largest absolute Gasteiger partial charge is 0.421 e. The number of amides is 1. The Morgan fingerprint density at radius 2 is 2.11 bits per heavy atom. The van der Waals surface area contributed by atoms with Gasteiger partial charge < -0.3 is 36.1 Å². The molecular weight excluding hydrogens is 501 g/mol. The number of hydrogen-bond acceptors (Lipinski definition) is 11. The molecule has 0 unspecified atom stereocenters. The summed E-state index contributed by atoms with van der Waals surface area (Å²) >= 11 is 1.22. The molecule has 4 aromatic rings. The van der Waals surface area contributed by atoms with Crippen LogP contribution in [0.1, 0.15) is 6.42 Å². The number of nitrogens with zero attached hydrogens (tertiary/aromatic N) is 4. The van der Waals surface area contributed by atoms with Crippen LogP contribution in [0.4, 0.5) is 15.9 Å². The molecule has 0 spiro atoms. The van der Waals surface area contributed by atoms with E-state index in [1.807, 2.05) is 0 Å². The predicted molar refractivity (Wildman–Crippen MR) is 139 cm³/mol. The number of rotatable bonds is 2. The first-order chi connectivity index (χ1) is 18.0. The molecule has 37 heavy (non-hydrogen) atoms. The zero-order valence-corrected chi connectivity index (χ0v) is 20.8. The first kappa shape index (κ1) is 24.9. The molecule has 12 nitrogen and oxygen atoms in total. The Hall–Kier alpha value is -3.75. The molecule has 0 radical (unpaired) electrons. The van der Waals surface area contributed by atoms with Gasteiger partial charge in [0.05, 0.1) is 47.4 Å². The highest BCUT2D eigenvalue weighted by Gasteiger charge is 2.20. The van der Waals surface area contributed by atoms with Gasteiger partial charge in [0.2, 0.25) is 5.91 Å². The van der Waals surface area contributed by atoms with Crippen molar-refractivity contribution in [1.29, 1.82) is 0 Å². The lowest BCUT2D eigenvalue weighted by Crippen LogP contribution is -2.34. The number of hydrogen-bond donors (Lipinski definition) is 5. The lowest BCUT2D eigenvalue weighted by atomic mass is 10.1. The number of ether oxygens (including phenoxy) is 2. The number of nitrogens with two attached hydrogens (primary N) is 1. The van der Waals surface area contributed by atoms with Crippen LogP contribution < -0.4 is 26.4 Å². The van der Waals surface area contributed by atoms with Crippen LogP contribution in [0.2, 0.25) is 0 Å². The van der Waals surface area contributed by atoms with Crippen LogP contribution in [-0.2, 0) is 9.53 Å². The molecule has 6 N–H and O–H groups in total. The lowest BCUT2D eigenvalue weighted by molar-refractivity contribution is -0.118. The number of carbonyl (C=O) groups is 1. The third-order valence-corrected chi connectivity index (χ3v) is 6.53. The number of thioether (sulfide) groups is 1. The maximum Gasteiger partial charge on any atom is 0.326 e. The minimum absolute atomic E-state index is 0.0334. The fourth-order valence-electron chi connectivity index (χ4n) is 3.90. The van der Waals surface area contributed by atoms with E-state index >= 15 is 0 Å². The third kappa shape index (κ3) is 5.65. The van der Waals surface area contributed by atoms with Gasteiger partial charge in [0.25, 0.3) is 0 Å². The molecule has 0 fully saturated rings. The van der Waals surface area contributed by atoms with Gasteiger partial charge in [0.1, 0.15) is 17.3 Å². The highest BCUT2D eigenvalue weighted by molar-refractivity contribution is 7.99. The molecule has 4 bridgehead atoms. The fraction of sp³-hybridized carbons (Fsp3) is 0.348. The molecule has 1 amide bonds. The van der Waals surface area contributed by atoms with Crippen molar-refractivity contribution in [3.8, 4) is 11.8 Å². The molecule has 3 aromatic heterocycles. The van der Waals surface area contributed by atoms with Gasteiger partial charge in [-0.25, -0.2) is 14.4 Å². The SMILES string of the molecule is CNc1cc(F)cc2c1[nH]c1nc3nc(c12)N[C@@H](CN)COCCCNC(=O)CSc1ncc(cn1)O3. The van der Waals surface area contributed by atoms with Gasteiger partial charge in [-0.05, 0) is 18.6 Å². The molecule has 14 heteroatoms. The molecule has 1 atom stereocenters. The standard InChI is InChI=1S/C23H26FN9O3S/c1-26-16-6-12(24)5-15-18-20-30-13(7-25)10-35-4-2-3-27-17(34)11-37-23-28-8-14(9-29-23)36-22(32-20)33-21(18)31-19(15)16/h5-6,8-9,13,26H,2-4,7,10-11,25H2,1H3,(H,27,34)(H2,30,31,32,33)/t13-/m0/s1. The quantitative estimate of drug-likeness (QED) is 0.243. The average Bonchev–Trinajstić information content (AvgIpc) is 3.26. The average molecular weight is 528 g/mol. The summed E-state index contributed by atoms with van der Waals surface area (Å²) in [5.74, 6) is 0.407. The molecule has 194 valence electrons. The second-order valence-electron chi connectivity index (χ2n) is 8.28. The normalized spacial score (nSPS) is 17.4. The summed E-state index contributed by atoms with van der Waals surface area (Å²) in [5.41, 5.74) is 7.72. The Kier molecular flexibility index (Phi) is 7.48. The Bertz CT molecular complexity index is 1420. The zero-order chi connectivity index (χ0) is 25.8. The van der Waals surface area contributed by atoms with E-state index in [0.29, 0.717) is 70.5 Å². The number of carbonyl (C=O) groups excluding carboxylic acids is 1. The second-order valence-corrected chi connectivity index (χ2v) is 9.22. The number of anilines is 2. The maximum absolute atomic E-state index is 14.5. The summed E-state index contributed by atoms with van der Waals surface area (Å²) in [6.45, 7) is 1.48. The monoisotopic (exact) mass is 527 g/mol. The topological polar surface area (TPSA) is 165 Å². The molecular formula is C23H26FN9O3S. The van der Waals surface area contributed by atoms with Crippen LogP contribution in [0, 0.1) is 5.82 Å². The summed E-state index contributed by atoms with van der Waals surface area (Å²) in [5, 5.41) is 10.8. The van der Waals surface area contributed by atoms with Gasteiger partial charge >= 0.3 is 6.01 Å². The van der Waals surface area contributed by atoms with Gasteiger partial charge in [-0.1, -0.05) is 11.8 Å². The molecule has 1 aromatic carbocycles. The van der Waals surface area contributed by atoms with Crippen molar-refractivity contribution in [3.05, 3.63) is 30.3 Å². The van der Waals surface area contributed by atoms with E-state index in [2.05, 4.69) is 40.9 Å². The van der Waals surface area contributed by atoms with Crippen molar-refractivity contribution in [3.63, 3.8) is 0 Å². The summed E-state index contributed by atoms with van der Waals surface area (Å²) in [7, 11) is 1.72. The zero-order valence-electron chi connectivity index (χ0n) is 20.0. The minimum atomic E-state index is -0.401. The Labute approximate surface area is 215 Å². The van der Waals surface area contributed by atoms with Crippen LogP contribution in [0.15, 0.2) is 29.7 Å². The Morgan fingerprint density at radius 3 is 2.89 bits per heavy atom. The number of halogens is 1. The van der Waals surface area contributed by atoms with Crippen molar-refractivity contribution in [2.75, 3.05) is 49.7 Å². The van der Waals surface area contributed by atoms with Gasteiger partial charge in [0, 0.05) is 32.1 Å². The van der Waals surface area contributed by atoms with Gasteiger partial charge in [-0.2, -0.15) is 9.97 Å². The molecule has 5 heterocycles. The lowest BCUT2D eigenvalue weighted by Gasteiger charge is -2.19. The second kappa shape index (κ2) is 11.1. The fourth-order valence-corrected chi connectivity index (χ4v) is 4.51. The summed E-state index contributed by atoms with van der Waals surface area (Å²) in [6.07, 6.45) is 3.61. The smallest absolute Gasteiger partial charge is 0.326 e. The maximum atomic E-state index is 14.5. The van der Waals surface area contributed by atoms with E-state index in [1.54, 1.807) is 7.05 Å². The van der Waals surface area contributed by atoms with Crippen LogP contribution in [-0.4, -0.2) is 76.0 Å². The minimum Gasteiger partial charge on any atom is -0.421 e. The third-order valence-electron chi connectivity index (χ3n) is 5.65. The van der Waals surface area contributed by atoms with Crippen molar-refractivity contribution in [1.82, 2.24) is 30.2 Å². The Balaban J connectivity index is 1.57. The van der Waals surface area contributed by atoms with E-state index in [9.17, 15) is 9.18 Å².